The lowest BCUT2D eigenvalue weighted by atomic mass is 10.1. The summed E-state index contributed by atoms with van der Waals surface area (Å²) in [5, 5.41) is 3.47. The third kappa shape index (κ3) is 24.8. The highest BCUT2D eigenvalue weighted by atomic mass is 16.5. The second kappa shape index (κ2) is 30.3. The van der Waals surface area contributed by atoms with Crippen molar-refractivity contribution in [3.05, 3.63) is 24.3 Å². The summed E-state index contributed by atoms with van der Waals surface area (Å²) in [5.74, 6) is 0. The van der Waals surface area contributed by atoms with Crippen molar-refractivity contribution in [2.75, 3.05) is 26.3 Å². The Morgan fingerprint density at radius 1 is 0.436 bits per heavy atom. The van der Waals surface area contributed by atoms with Gasteiger partial charge in [-0.1, -0.05) is 128 Å². The lowest BCUT2D eigenvalue weighted by Crippen LogP contribution is -2.30. The van der Waals surface area contributed by atoms with Gasteiger partial charge in [-0.05, 0) is 64.2 Å². The molecule has 1 N–H and O–H groups in total. The first-order valence-electron chi connectivity index (χ1n) is 17.6. The molecule has 0 spiro atoms. The fourth-order valence-corrected chi connectivity index (χ4v) is 5.42. The van der Waals surface area contributed by atoms with Gasteiger partial charge in [-0.3, -0.25) is 0 Å². The summed E-state index contributed by atoms with van der Waals surface area (Å²) in [7, 11) is 0. The van der Waals surface area contributed by atoms with E-state index in [4.69, 9.17) is 9.47 Å². The Bertz CT molecular complexity index is 486. The van der Waals surface area contributed by atoms with Crippen LogP contribution in [0.3, 0.4) is 0 Å². The summed E-state index contributed by atoms with van der Waals surface area (Å²) in [6, 6.07) is 0. The molecule has 0 aromatic heterocycles. The normalized spacial score (nSPS) is 17.8. The Labute approximate surface area is 245 Å². The van der Waals surface area contributed by atoms with Gasteiger partial charge < -0.3 is 14.8 Å². The van der Waals surface area contributed by atoms with Crippen molar-refractivity contribution < 1.29 is 9.47 Å². The molecule has 3 nitrogen and oxygen atoms in total. The minimum absolute atomic E-state index is 0.249. The number of nitrogens with one attached hydrogen (secondary N) is 1. The van der Waals surface area contributed by atoms with Gasteiger partial charge in [0.05, 0.1) is 12.2 Å². The predicted octanol–water partition coefficient (Wildman–Crippen LogP) is 10.9. The van der Waals surface area contributed by atoms with E-state index in [9.17, 15) is 0 Å². The molecule has 1 saturated heterocycles. The van der Waals surface area contributed by atoms with E-state index >= 15 is 0 Å². The molecule has 230 valence electrons. The molecule has 1 heterocycles. The van der Waals surface area contributed by atoms with Crippen LogP contribution in [0.15, 0.2) is 24.3 Å². The number of hydrogen-bond donors (Lipinski definition) is 1. The Morgan fingerprint density at radius 3 is 1.10 bits per heavy atom. The van der Waals surface area contributed by atoms with E-state index in [0.717, 1.165) is 26.3 Å². The molecule has 1 rings (SSSR count). The highest BCUT2D eigenvalue weighted by molar-refractivity contribution is 4.83. The second-order valence-electron chi connectivity index (χ2n) is 11.9. The van der Waals surface area contributed by atoms with Gasteiger partial charge in [-0.25, -0.2) is 0 Å². The smallest absolute Gasteiger partial charge is 0.0973 e. The molecule has 3 heteroatoms. The van der Waals surface area contributed by atoms with Crippen LogP contribution in [-0.4, -0.2) is 38.5 Å². The summed E-state index contributed by atoms with van der Waals surface area (Å²) in [6.45, 7) is 8.24. The van der Waals surface area contributed by atoms with E-state index in [2.05, 4.69) is 43.5 Å². The van der Waals surface area contributed by atoms with Crippen molar-refractivity contribution in [2.45, 2.75) is 180 Å². The maximum Gasteiger partial charge on any atom is 0.0973 e. The number of ether oxygens (including phenoxy) is 2. The Kier molecular flexibility index (Phi) is 28.3. The molecular formula is C36H69NO2. The molecule has 0 amide bonds. The first-order chi connectivity index (χ1) is 19.4. The summed E-state index contributed by atoms with van der Waals surface area (Å²) in [4.78, 5) is 0. The van der Waals surface area contributed by atoms with Gasteiger partial charge >= 0.3 is 0 Å². The maximum atomic E-state index is 6.20. The van der Waals surface area contributed by atoms with Gasteiger partial charge in [0, 0.05) is 26.3 Å². The van der Waals surface area contributed by atoms with Gasteiger partial charge in [0.25, 0.3) is 0 Å². The van der Waals surface area contributed by atoms with Crippen LogP contribution in [-0.2, 0) is 9.47 Å². The van der Waals surface area contributed by atoms with Crippen molar-refractivity contribution >= 4 is 0 Å². The summed E-state index contributed by atoms with van der Waals surface area (Å²) in [6.07, 6.45) is 42.1. The molecule has 1 aliphatic rings. The predicted molar refractivity (Wildman–Crippen MR) is 173 cm³/mol. The van der Waals surface area contributed by atoms with E-state index in [0.29, 0.717) is 0 Å². The SMILES string of the molecule is CCCCCCC=CCCCCCCCCOC1CNCC1OCCCCCCCCC=CCCCCCC. The molecule has 0 saturated carbocycles. The standard InChI is InChI=1S/C36H69NO2/c1-3-5-7-9-11-13-15-17-19-21-23-25-27-29-31-38-35-33-37-34-36(35)39-32-30-28-26-24-22-20-18-16-14-12-10-8-6-4-2/h13-16,35-37H,3-12,17-34H2,1-2H3. The van der Waals surface area contributed by atoms with Gasteiger partial charge in [0.15, 0.2) is 0 Å². The number of rotatable bonds is 30. The fourth-order valence-electron chi connectivity index (χ4n) is 5.42. The zero-order chi connectivity index (χ0) is 27.9. The third-order valence-electron chi connectivity index (χ3n) is 8.08. The van der Waals surface area contributed by atoms with Crippen molar-refractivity contribution in [3.8, 4) is 0 Å². The first kappa shape index (κ1) is 36.4. The molecule has 0 aromatic rings. The molecule has 2 atom stereocenters. The Hall–Kier alpha value is -0.640. The molecular weight excluding hydrogens is 478 g/mol. The van der Waals surface area contributed by atoms with Crippen molar-refractivity contribution in [2.24, 2.45) is 0 Å². The molecule has 1 aliphatic heterocycles. The molecule has 0 radical (unpaired) electrons. The van der Waals surface area contributed by atoms with Crippen LogP contribution in [0.2, 0.25) is 0 Å². The largest absolute Gasteiger partial charge is 0.374 e. The Balaban J connectivity index is 1.84. The summed E-state index contributed by atoms with van der Waals surface area (Å²) < 4.78 is 12.4. The van der Waals surface area contributed by atoms with E-state index < -0.39 is 0 Å². The average molecular weight is 548 g/mol. The van der Waals surface area contributed by atoms with Crippen LogP contribution in [0.5, 0.6) is 0 Å². The molecule has 0 bridgehead atoms. The van der Waals surface area contributed by atoms with E-state index in [1.807, 2.05) is 0 Å². The fraction of sp³-hybridized carbons (Fsp3) is 0.889. The zero-order valence-electron chi connectivity index (χ0n) is 26.6. The van der Waals surface area contributed by atoms with Crippen molar-refractivity contribution in [1.82, 2.24) is 5.32 Å². The van der Waals surface area contributed by atoms with E-state index in [-0.39, 0.29) is 12.2 Å². The van der Waals surface area contributed by atoms with Crippen LogP contribution in [0, 0.1) is 0 Å². The number of unbranched alkanes of at least 4 members (excludes halogenated alkanes) is 20. The monoisotopic (exact) mass is 548 g/mol. The number of hydrogen-bond acceptors (Lipinski definition) is 3. The van der Waals surface area contributed by atoms with Gasteiger partial charge in [0.2, 0.25) is 0 Å². The molecule has 0 aromatic carbocycles. The highest BCUT2D eigenvalue weighted by Gasteiger charge is 2.28. The molecule has 0 aliphatic carbocycles. The third-order valence-corrected chi connectivity index (χ3v) is 8.08. The number of allylic oxidation sites excluding steroid dienone is 4. The lowest BCUT2D eigenvalue weighted by Gasteiger charge is -2.20. The first-order valence-corrected chi connectivity index (χ1v) is 17.6. The van der Waals surface area contributed by atoms with Gasteiger partial charge in [-0.15, -0.1) is 0 Å². The van der Waals surface area contributed by atoms with E-state index in [1.165, 1.54) is 154 Å². The average Bonchev–Trinajstić information content (AvgIpc) is 3.40. The second-order valence-corrected chi connectivity index (χ2v) is 11.9. The highest BCUT2D eigenvalue weighted by Crippen LogP contribution is 2.14. The summed E-state index contributed by atoms with van der Waals surface area (Å²) >= 11 is 0. The Morgan fingerprint density at radius 2 is 0.744 bits per heavy atom. The van der Waals surface area contributed by atoms with E-state index in [1.54, 1.807) is 0 Å². The van der Waals surface area contributed by atoms with Crippen molar-refractivity contribution in [1.29, 1.82) is 0 Å². The topological polar surface area (TPSA) is 30.5 Å². The van der Waals surface area contributed by atoms with Crippen molar-refractivity contribution in [3.63, 3.8) is 0 Å². The van der Waals surface area contributed by atoms with Crippen LogP contribution >= 0.6 is 0 Å². The van der Waals surface area contributed by atoms with Crippen LogP contribution in [0.1, 0.15) is 168 Å². The molecule has 39 heavy (non-hydrogen) atoms. The van der Waals surface area contributed by atoms with Crippen LogP contribution in [0.25, 0.3) is 0 Å². The molecule has 1 fully saturated rings. The minimum atomic E-state index is 0.249. The van der Waals surface area contributed by atoms with Gasteiger partial charge in [0.1, 0.15) is 0 Å². The maximum absolute atomic E-state index is 6.20. The molecule has 2 unspecified atom stereocenters. The summed E-state index contributed by atoms with van der Waals surface area (Å²) in [5.41, 5.74) is 0. The van der Waals surface area contributed by atoms with Gasteiger partial charge in [-0.2, -0.15) is 0 Å². The zero-order valence-corrected chi connectivity index (χ0v) is 26.6. The quantitative estimate of drug-likeness (QED) is 0.0716. The van der Waals surface area contributed by atoms with Crippen LogP contribution in [0.4, 0.5) is 0 Å². The van der Waals surface area contributed by atoms with Crippen LogP contribution < -0.4 is 5.32 Å². The lowest BCUT2D eigenvalue weighted by molar-refractivity contribution is -0.0481. The minimum Gasteiger partial charge on any atom is -0.374 e.